The molecule has 0 radical (unpaired) electrons. The van der Waals surface area contributed by atoms with Crippen molar-refractivity contribution in [2.24, 2.45) is 11.8 Å². The van der Waals surface area contributed by atoms with Gasteiger partial charge in [-0.2, -0.15) is 13.2 Å². The SMILES string of the molecule is CCCCC[SiH]1CCC(CCC2CCC(c3cc(F)c(-c4ccc(C(F)(F)F)c(F)c4)c(F)c3)CC2)CC1. The molecule has 0 nitrogen and oxygen atoms in total. The van der Waals surface area contributed by atoms with E-state index in [-0.39, 0.29) is 11.5 Å². The molecule has 0 spiro atoms. The van der Waals surface area contributed by atoms with Crippen LogP contribution in [0.3, 0.4) is 0 Å². The van der Waals surface area contributed by atoms with Crippen LogP contribution in [0.2, 0.25) is 18.1 Å². The normalized spacial score (nSPS) is 24.5. The molecule has 1 heterocycles. The maximum absolute atomic E-state index is 15.0. The molecule has 0 bridgehead atoms. The molecule has 2 aliphatic rings. The Labute approximate surface area is 224 Å². The summed E-state index contributed by atoms with van der Waals surface area (Å²) in [6.07, 6.45) is 8.56. The Morgan fingerprint density at radius 1 is 0.763 bits per heavy atom. The minimum Gasteiger partial charge on any atom is -0.206 e. The van der Waals surface area contributed by atoms with Crippen LogP contribution in [0, 0.1) is 29.3 Å². The Kier molecular flexibility index (Phi) is 10.0. The van der Waals surface area contributed by atoms with Crippen LogP contribution in [-0.2, 0) is 6.18 Å². The molecule has 0 unspecified atom stereocenters. The average Bonchev–Trinajstić information content (AvgIpc) is 2.87. The zero-order valence-electron chi connectivity index (χ0n) is 22.4. The number of halogens is 6. The van der Waals surface area contributed by atoms with Gasteiger partial charge in [0.1, 0.15) is 17.5 Å². The van der Waals surface area contributed by atoms with E-state index in [0.717, 1.165) is 37.7 Å². The van der Waals surface area contributed by atoms with E-state index in [9.17, 15) is 26.3 Å². The van der Waals surface area contributed by atoms with Gasteiger partial charge in [0, 0.05) is 8.80 Å². The minimum atomic E-state index is -4.86. The van der Waals surface area contributed by atoms with Crippen molar-refractivity contribution in [3.8, 4) is 11.1 Å². The predicted octanol–water partition coefficient (Wildman–Crippen LogP) is 10.7. The van der Waals surface area contributed by atoms with Gasteiger partial charge in [-0.15, -0.1) is 0 Å². The number of hydrogen-bond acceptors (Lipinski definition) is 0. The summed E-state index contributed by atoms with van der Waals surface area (Å²) in [7, 11) is -0.468. The highest BCUT2D eigenvalue weighted by molar-refractivity contribution is 6.58. The van der Waals surface area contributed by atoms with Gasteiger partial charge in [-0.05, 0) is 78.8 Å². The van der Waals surface area contributed by atoms with Crippen molar-refractivity contribution < 1.29 is 26.3 Å². The molecule has 1 saturated heterocycles. The number of rotatable bonds is 9. The van der Waals surface area contributed by atoms with Gasteiger partial charge in [0.2, 0.25) is 0 Å². The third kappa shape index (κ3) is 7.45. The predicted molar refractivity (Wildman–Crippen MR) is 145 cm³/mol. The summed E-state index contributed by atoms with van der Waals surface area (Å²) in [5, 5.41) is 0. The van der Waals surface area contributed by atoms with Crippen LogP contribution in [0.25, 0.3) is 11.1 Å². The van der Waals surface area contributed by atoms with Crippen LogP contribution in [-0.4, -0.2) is 8.80 Å². The van der Waals surface area contributed by atoms with Gasteiger partial charge in [-0.3, -0.25) is 0 Å². The van der Waals surface area contributed by atoms with Gasteiger partial charge in [0.25, 0.3) is 0 Å². The lowest BCUT2D eigenvalue weighted by atomic mass is 9.76. The number of benzene rings is 2. The van der Waals surface area contributed by atoms with Crippen molar-refractivity contribution in [3.63, 3.8) is 0 Å². The van der Waals surface area contributed by atoms with Crippen LogP contribution >= 0.6 is 0 Å². The first-order chi connectivity index (χ1) is 18.2. The van der Waals surface area contributed by atoms with E-state index in [1.807, 2.05) is 0 Å². The van der Waals surface area contributed by atoms with Crippen molar-refractivity contribution in [2.45, 2.75) is 108 Å². The van der Waals surface area contributed by atoms with Gasteiger partial charge < -0.3 is 0 Å². The van der Waals surface area contributed by atoms with Crippen molar-refractivity contribution in [2.75, 3.05) is 0 Å². The highest BCUT2D eigenvalue weighted by atomic mass is 28.3. The molecule has 2 aromatic carbocycles. The summed E-state index contributed by atoms with van der Waals surface area (Å²) >= 11 is 0. The monoisotopic (exact) mass is 554 g/mol. The first-order valence-corrected chi connectivity index (χ1v) is 17.0. The second-order valence-corrected chi connectivity index (χ2v) is 15.2. The Balaban J connectivity index is 1.28. The molecule has 1 saturated carbocycles. The first kappa shape index (κ1) is 29.2. The lowest BCUT2D eigenvalue weighted by Gasteiger charge is -2.32. The maximum Gasteiger partial charge on any atom is 0.419 e. The third-order valence-corrected chi connectivity index (χ3v) is 12.6. The smallest absolute Gasteiger partial charge is 0.206 e. The molecule has 1 aliphatic heterocycles. The fourth-order valence-electron chi connectivity index (χ4n) is 6.75. The van der Waals surface area contributed by atoms with Crippen LogP contribution in [0.4, 0.5) is 26.3 Å². The highest BCUT2D eigenvalue weighted by Gasteiger charge is 2.34. The molecule has 210 valence electrons. The van der Waals surface area contributed by atoms with E-state index in [1.54, 1.807) is 0 Å². The lowest BCUT2D eigenvalue weighted by Crippen LogP contribution is -2.22. The quantitative estimate of drug-likeness (QED) is 0.164. The number of alkyl halides is 3. The number of hydrogen-bond donors (Lipinski definition) is 0. The van der Waals surface area contributed by atoms with Gasteiger partial charge in [0.15, 0.2) is 0 Å². The van der Waals surface area contributed by atoms with E-state index in [0.29, 0.717) is 23.6 Å². The summed E-state index contributed by atoms with van der Waals surface area (Å²) in [5.74, 6) is -1.65. The second kappa shape index (κ2) is 13.1. The molecule has 0 amide bonds. The Morgan fingerprint density at radius 2 is 1.37 bits per heavy atom. The molecule has 4 rings (SSSR count). The van der Waals surface area contributed by atoms with Crippen LogP contribution in [0.5, 0.6) is 0 Å². The van der Waals surface area contributed by atoms with E-state index in [4.69, 9.17) is 0 Å². The van der Waals surface area contributed by atoms with Crippen molar-refractivity contribution in [1.82, 2.24) is 0 Å². The van der Waals surface area contributed by atoms with Crippen molar-refractivity contribution in [1.29, 1.82) is 0 Å². The number of unbranched alkanes of at least 4 members (excludes halogenated alkanes) is 2. The van der Waals surface area contributed by atoms with Gasteiger partial charge in [-0.1, -0.05) is 76.1 Å². The van der Waals surface area contributed by atoms with E-state index < -0.39 is 43.6 Å². The summed E-state index contributed by atoms with van der Waals surface area (Å²) in [4.78, 5) is 0. The Morgan fingerprint density at radius 3 is 1.92 bits per heavy atom. The summed E-state index contributed by atoms with van der Waals surface area (Å²) in [5.41, 5.74) is -1.59. The third-order valence-electron chi connectivity index (χ3n) is 9.11. The van der Waals surface area contributed by atoms with Crippen LogP contribution in [0.15, 0.2) is 30.3 Å². The zero-order valence-corrected chi connectivity index (χ0v) is 23.5. The molecule has 0 N–H and O–H groups in total. The van der Waals surface area contributed by atoms with Crippen molar-refractivity contribution in [3.05, 3.63) is 58.9 Å². The first-order valence-electron chi connectivity index (χ1n) is 14.5. The van der Waals surface area contributed by atoms with Gasteiger partial charge in [0.05, 0.1) is 11.1 Å². The molecule has 0 atom stereocenters. The summed E-state index contributed by atoms with van der Waals surface area (Å²) in [6, 6.07) is 9.13. The topological polar surface area (TPSA) is 0 Å². The van der Waals surface area contributed by atoms with E-state index in [1.165, 1.54) is 75.2 Å². The fraction of sp³-hybridized carbons (Fsp3) is 0.613. The fourth-order valence-corrected chi connectivity index (χ4v) is 10.4. The molecule has 1 aliphatic carbocycles. The minimum absolute atomic E-state index is 0.0678. The highest BCUT2D eigenvalue weighted by Crippen LogP contribution is 2.41. The second-order valence-electron chi connectivity index (χ2n) is 11.7. The summed E-state index contributed by atoms with van der Waals surface area (Å²) in [6.45, 7) is 2.27. The van der Waals surface area contributed by atoms with Gasteiger partial charge >= 0.3 is 6.18 Å². The Bertz CT molecular complexity index is 1030. The van der Waals surface area contributed by atoms with E-state index >= 15 is 0 Å². The molecular weight excluding hydrogens is 514 g/mol. The van der Waals surface area contributed by atoms with E-state index in [2.05, 4.69) is 6.92 Å². The average molecular weight is 555 g/mol. The Hall–Kier alpha value is -1.76. The standard InChI is InChI=1S/C31H40F6Si/c1-2-3-4-15-38-16-13-22(14-17-38)6-5-21-7-9-23(10-8-21)25-19-28(33)30(29(34)20-25)24-11-12-26(27(32)18-24)31(35,36)37/h11-12,18-23,38H,2-10,13-17H2,1H3. The largest absolute Gasteiger partial charge is 0.419 e. The molecule has 2 fully saturated rings. The van der Waals surface area contributed by atoms with Crippen molar-refractivity contribution >= 4 is 8.80 Å². The van der Waals surface area contributed by atoms with Gasteiger partial charge in [-0.25, -0.2) is 13.2 Å². The summed E-state index contributed by atoms with van der Waals surface area (Å²) < 4.78 is 82.4. The van der Waals surface area contributed by atoms with Crippen LogP contribution in [0.1, 0.15) is 94.6 Å². The molecular formula is C31H40F6Si. The molecule has 2 aromatic rings. The molecule has 0 aromatic heterocycles. The molecule has 7 heteroatoms. The lowest BCUT2D eigenvalue weighted by molar-refractivity contribution is -0.139. The molecule has 38 heavy (non-hydrogen) atoms. The maximum atomic E-state index is 15.0. The zero-order chi connectivity index (χ0) is 27.3. The van der Waals surface area contributed by atoms with Crippen LogP contribution < -0.4 is 0 Å².